The van der Waals surface area contributed by atoms with Gasteiger partial charge in [0.1, 0.15) is 5.82 Å². The van der Waals surface area contributed by atoms with Crippen LogP contribution in [0.5, 0.6) is 0 Å². The molecule has 0 aliphatic heterocycles. The van der Waals surface area contributed by atoms with Crippen molar-refractivity contribution in [3.63, 3.8) is 0 Å². The number of rotatable bonds is 4. The van der Waals surface area contributed by atoms with Gasteiger partial charge in [-0.3, -0.25) is 0 Å². The van der Waals surface area contributed by atoms with Gasteiger partial charge in [0.2, 0.25) is 0 Å². The van der Waals surface area contributed by atoms with E-state index in [2.05, 4.69) is 0 Å². The summed E-state index contributed by atoms with van der Waals surface area (Å²) in [7, 11) is -3.33. The zero-order chi connectivity index (χ0) is 11.8. The summed E-state index contributed by atoms with van der Waals surface area (Å²) >= 11 is 0. The maximum atomic E-state index is 12.7. The smallest absolute Gasteiger partial charge is 0.178 e. The lowest BCUT2D eigenvalue weighted by Gasteiger charge is -2.12. The van der Waals surface area contributed by atoms with Crippen LogP contribution in [-0.4, -0.2) is 20.7 Å². The van der Waals surface area contributed by atoms with Crippen molar-refractivity contribution in [1.82, 2.24) is 0 Å². The predicted octanol–water partition coefficient (Wildman–Crippen LogP) is 1.34. The van der Waals surface area contributed by atoms with Gasteiger partial charge in [0.05, 0.1) is 10.6 Å². The first-order chi connectivity index (χ1) is 7.47. The number of halogens is 1. The van der Waals surface area contributed by atoms with Crippen molar-refractivity contribution < 1.29 is 12.8 Å². The second-order valence-corrected chi connectivity index (χ2v) is 6.41. The van der Waals surface area contributed by atoms with Gasteiger partial charge < -0.3 is 5.73 Å². The molecule has 1 aromatic rings. The first-order valence-electron chi connectivity index (χ1n) is 5.16. The van der Waals surface area contributed by atoms with Gasteiger partial charge in [-0.2, -0.15) is 0 Å². The molecule has 16 heavy (non-hydrogen) atoms. The molecule has 2 rings (SSSR count). The van der Waals surface area contributed by atoms with Gasteiger partial charge in [-0.15, -0.1) is 0 Å². The summed E-state index contributed by atoms with van der Waals surface area (Å²) in [5, 5.41) is 0. The van der Waals surface area contributed by atoms with Crippen LogP contribution in [0.2, 0.25) is 0 Å². The molecule has 1 aromatic carbocycles. The molecular formula is C11H14FNO2S. The summed E-state index contributed by atoms with van der Waals surface area (Å²) in [6.07, 6.45) is 1.73. The number of hydrogen-bond acceptors (Lipinski definition) is 3. The maximum Gasteiger partial charge on any atom is 0.178 e. The van der Waals surface area contributed by atoms with E-state index in [4.69, 9.17) is 5.73 Å². The molecule has 0 heterocycles. The third-order valence-corrected chi connectivity index (χ3v) is 5.04. The van der Waals surface area contributed by atoms with Crippen molar-refractivity contribution in [2.24, 2.45) is 11.1 Å². The zero-order valence-corrected chi connectivity index (χ0v) is 9.63. The fourth-order valence-corrected chi connectivity index (χ4v) is 3.64. The fourth-order valence-electron chi connectivity index (χ4n) is 1.71. The molecule has 0 amide bonds. The second-order valence-electron chi connectivity index (χ2n) is 4.42. The maximum absolute atomic E-state index is 12.7. The predicted molar refractivity (Wildman–Crippen MR) is 59.2 cm³/mol. The molecule has 0 bridgehead atoms. The monoisotopic (exact) mass is 243 g/mol. The first-order valence-corrected chi connectivity index (χ1v) is 6.81. The fraction of sp³-hybridized carbons (Fsp3) is 0.455. The molecule has 0 radical (unpaired) electrons. The van der Waals surface area contributed by atoms with Crippen LogP contribution in [0.4, 0.5) is 4.39 Å². The van der Waals surface area contributed by atoms with E-state index in [0.717, 1.165) is 25.0 Å². The average Bonchev–Trinajstić information content (AvgIpc) is 2.98. The van der Waals surface area contributed by atoms with Crippen molar-refractivity contribution >= 4 is 9.84 Å². The number of benzene rings is 1. The van der Waals surface area contributed by atoms with E-state index in [1.807, 2.05) is 0 Å². The van der Waals surface area contributed by atoms with E-state index in [1.165, 1.54) is 12.1 Å². The minimum atomic E-state index is -3.33. The first kappa shape index (κ1) is 11.5. The van der Waals surface area contributed by atoms with Crippen LogP contribution in [0.15, 0.2) is 29.2 Å². The summed E-state index contributed by atoms with van der Waals surface area (Å²) < 4.78 is 36.6. The zero-order valence-electron chi connectivity index (χ0n) is 8.82. The van der Waals surface area contributed by atoms with Gasteiger partial charge in [-0.05, 0) is 49.1 Å². The Bertz CT molecular complexity index is 477. The van der Waals surface area contributed by atoms with E-state index in [0.29, 0.717) is 6.54 Å². The van der Waals surface area contributed by atoms with Crippen LogP contribution in [-0.2, 0) is 9.84 Å². The number of hydrogen-bond donors (Lipinski definition) is 1. The van der Waals surface area contributed by atoms with Crippen LogP contribution >= 0.6 is 0 Å². The molecule has 0 saturated heterocycles. The van der Waals surface area contributed by atoms with Crippen molar-refractivity contribution in [1.29, 1.82) is 0 Å². The molecule has 1 aliphatic rings. The Morgan fingerprint density at radius 3 is 2.25 bits per heavy atom. The number of sulfone groups is 1. The van der Waals surface area contributed by atoms with Gasteiger partial charge in [-0.1, -0.05) is 0 Å². The summed E-state index contributed by atoms with van der Waals surface area (Å²) in [6, 6.07) is 4.93. The van der Waals surface area contributed by atoms with Crippen LogP contribution in [0.1, 0.15) is 12.8 Å². The van der Waals surface area contributed by atoms with E-state index in [-0.39, 0.29) is 16.1 Å². The molecule has 3 nitrogen and oxygen atoms in total. The molecule has 1 aliphatic carbocycles. The van der Waals surface area contributed by atoms with Crippen molar-refractivity contribution in [2.75, 3.05) is 12.3 Å². The van der Waals surface area contributed by atoms with Gasteiger partial charge >= 0.3 is 0 Å². The lowest BCUT2D eigenvalue weighted by molar-refractivity contribution is 0.547. The van der Waals surface area contributed by atoms with E-state index >= 15 is 0 Å². The summed E-state index contributed by atoms with van der Waals surface area (Å²) in [4.78, 5) is 0.175. The molecule has 0 atom stereocenters. The SMILES string of the molecule is NCC1(CS(=O)(=O)c2ccc(F)cc2)CC1. The third-order valence-electron chi connectivity index (χ3n) is 3.06. The average molecular weight is 243 g/mol. The molecule has 1 saturated carbocycles. The molecule has 2 N–H and O–H groups in total. The Kier molecular flexibility index (Phi) is 2.75. The Morgan fingerprint density at radius 2 is 1.81 bits per heavy atom. The Labute approximate surface area is 94.4 Å². The quantitative estimate of drug-likeness (QED) is 0.812. The largest absolute Gasteiger partial charge is 0.330 e. The Balaban J connectivity index is 2.22. The molecule has 88 valence electrons. The van der Waals surface area contributed by atoms with Crippen molar-refractivity contribution in [2.45, 2.75) is 17.7 Å². The highest BCUT2D eigenvalue weighted by Gasteiger charge is 2.45. The van der Waals surface area contributed by atoms with E-state index < -0.39 is 15.7 Å². The standard InChI is InChI=1S/C11H14FNO2S/c12-9-1-3-10(4-2-9)16(14,15)8-11(7-13)5-6-11/h1-4H,5-8,13H2. The molecular weight excluding hydrogens is 229 g/mol. The summed E-state index contributed by atoms with van der Waals surface area (Å²) in [5.41, 5.74) is 5.32. The highest BCUT2D eigenvalue weighted by molar-refractivity contribution is 7.91. The van der Waals surface area contributed by atoms with Crippen LogP contribution in [0, 0.1) is 11.2 Å². The molecule has 0 aromatic heterocycles. The van der Waals surface area contributed by atoms with Gasteiger partial charge in [-0.25, -0.2) is 12.8 Å². The minimum absolute atomic E-state index is 0.0716. The molecule has 0 spiro atoms. The van der Waals surface area contributed by atoms with Crippen LogP contribution in [0.25, 0.3) is 0 Å². The van der Waals surface area contributed by atoms with Crippen molar-refractivity contribution in [3.05, 3.63) is 30.1 Å². The third kappa shape index (κ3) is 2.25. The van der Waals surface area contributed by atoms with Gasteiger partial charge in [0, 0.05) is 0 Å². The molecule has 0 unspecified atom stereocenters. The molecule has 1 fully saturated rings. The highest BCUT2D eigenvalue weighted by Crippen LogP contribution is 2.46. The molecule has 5 heteroatoms. The van der Waals surface area contributed by atoms with Gasteiger partial charge in [0.25, 0.3) is 0 Å². The Morgan fingerprint density at radius 1 is 1.25 bits per heavy atom. The topological polar surface area (TPSA) is 60.2 Å². The summed E-state index contributed by atoms with van der Waals surface area (Å²) in [6.45, 7) is 0.396. The number of nitrogens with two attached hydrogens (primary N) is 1. The van der Waals surface area contributed by atoms with Crippen molar-refractivity contribution in [3.8, 4) is 0 Å². The van der Waals surface area contributed by atoms with Crippen LogP contribution in [0.3, 0.4) is 0 Å². The lowest BCUT2D eigenvalue weighted by atomic mass is 10.1. The van der Waals surface area contributed by atoms with Crippen LogP contribution < -0.4 is 5.73 Å². The van der Waals surface area contributed by atoms with E-state index in [1.54, 1.807) is 0 Å². The minimum Gasteiger partial charge on any atom is -0.330 e. The van der Waals surface area contributed by atoms with E-state index in [9.17, 15) is 12.8 Å². The van der Waals surface area contributed by atoms with Gasteiger partial charge in [0.15, 0.2) is 9.84 Å². The normalized spacial score (nSPS) is 18.4. The summed E-state index contributed by atoms with van der Waals surface area (Å²) in [5.74, 6) is -0.360. The Hall–Kier alpha value is -0.940. The second kappa shape index (κ2) is 3.82. The highest BCUT2D eigenvalue weighted by atomic mass is 32.2. The lowest BCUT2D eigenvalue weighted by Crippen LogP contribution is -2.25.